The predicted octanol–water partition coefficient (Wildman–Crippen LogP) is 6.71. The van der Waals surface area contributed by atoms with Crippen LogP contribution < -0.4 is 9.62 Å². The number of rotatable bonds is 13. The number of hydrogen-bond acceptors (Lipinski definition) is 4. The van der Waals surface area contributed by atoms with Crippen molar-refractivity contribution in [3.05, 3.63) is 130 Å². The summed E-state index contributed by atoms with van der Waals surface area (Å²) >= 11 is 6.06. The quantitative estimate of drug-likeness (QED) is 0.175. The van der Waals surface area contributed by atoms with Crippen LogP contribution in [-0.2, 0) is 32.6 Å². The van der Waals surface area contributed by atoms with Crippen LogP contribution in [0.4, 0.5) is 5.69 Å². The van der Waals surface area contributed by atoms with Crippen LogP contribution in [-0.4, -0.2) is 43.8 Å². The van der Waals surface area contributed by atoms with Crippen molar-refractivity contribution in [3.8, 4) is 0 Å². The predicted molar refractivity (Wildman–Crippen MR) is 181 cm³/mol. The molecule has 236 valence electrons. The highest BCUT2D eigenvalue weighted by Gasteiger charge is 2.35. The zero-order chi connectivity index (χ0) is 32.6. The maximum Gasteiger partial charge on any atom is 0.264 e. The number of carbonyl (C=O) groups is 2. The standard InChI is InChI=1S/C36H40ClN3O4S/c1-5-28(4)38-36(42)34(23-29-12-7-6-8-13-29)39(24-30-14-10-9-11-27(30)3)35(41)25-40(32-19-15-26(2)16-20-32)45(43,44)33-21-17-31(37)18-22-33/h6-22,28,34H,5,23-25H2,1-4H3,(H,38,42)/t28-,34+/m1/s1. The molecule has 0 unspecified atom stereocenters. The molecule has 2 amide bonds. The summed E-state index contributed by atoms with van der Waals surface area (Å²) in [6, 6.07) is 29.0. The molecular formula is C36H40ClN3O4S. The summed E-state index contributed by atoms with van der Waals surface area (Å²) in [5.41, 5.74) is 3.99. The second-order valence-corrected chi connectivity index (χ2v) is 13.6. The minimum Gasteiger partial charge on any atom is -0.352 e. The van der Waals surface area contributed by atoms with Gasteiger partial charge >= 0.3 is 0 Å². The van der Waals surface area contributed by atoms with Gasteiger partial charge < -0.3 is 10.2 Å². The van der Waals surface area contributed by atoms with Crippen LogP contribution in [0.5, 0.6) is 0 Å². The summed E-state index contributed by atoms with van der Waals surface area (Å²) in [7, 11) is -4.19. The first kappa shape index (κ1) is 33.7. The Balaban J connectivity index is 1.81. The summed E-state index contributed by atoms with van der Waals surface area (Å²) in [6.45, 7) is 7.37. The van der Waals surface area contributed by atoms with Crippen molar-refractivity contribution in [3.63, 3.8) is 0 Å². The van der Waals surface area contributed by atoms with Gasteiger partial charge in [0.05, 0.1) is 10.6 Å². The molecule has 4 rings (SSSR count). The summed E-state index contributed by atoms with van der Waals surface area (Å²) < 4.78 is 29.3. The van der Waals surface area contributed by atoms with Gasteiger partial charge in [-0.1, -0.05) is 90.8 Å². The Morgan fingerprint density at radius 1 is 0.844 bits per heavy atom. The fourth-order valence-electron chi connectivity index (χ4n) is 4.94. The SMILES string of the molecule is CC[C@@H](C)NC(=O)[C@H](Cc1ccccc1)N(Cc1ccccc1C)C(=O)CN(c1ccc(C)cc1)S(=O)(=O)c1ccc(Cl)cc1. The molecule has 0 aliphatic carbocycles. The second kappa shape index (κ2) is 15.2. The molecule has 2 atom stereocenters. The van der Waals surface area contributed by atoms with Gasteiger partial charge in [-0.15, -0.1) is 0 Å². The third-order valence-corrected chi connectivity index (χ3v) is 9.92. The number of benzene rings is 4. The van der Waals surface area contributed by atoms with E-state index in [1.54, 1.807) is 24.3 Å². The van der Waals surface area contributed by atoms with Gasteiger partial charge in [0.25, 0.3) is 10.0 Å². The Labute approximate surface area is 271 Å². The van der Waals surface area contributed by atoms with Crippen LogP contribution in [0.25, 0.3) is 0 Å². The zero-order valence-electron chi connectivity index (χ0n) is 26.1. The molecule has 4 aromatic rings. The van der Waals surface area contributed by atoms with Gasteiger partial charge in [0.2, 0.25) is 11.8 Å². The average molecular weight is 646 g/mol. The van der Waals surface area contributed by atoms with Gasteiger partial charge in [0.15, 0.2) is 0 Å². The van der Waals surface area contributed by atoms with E-state index in [1.807, 2.05) is 82.3 Å². The molecule has 0 aliphatic rings. The van der Waals surface area contributed by atoms with Crippen molar-refractivity contribution in [2.75, 3.05) is 10.8 Å². The first-order valence-corrected chi connectivity index (χ1v) is 16.8. The third kappa shape index (κ3) is 8.74. The van der Waals surface area contributed by atoms with Crippen molar-refractivity contribution < 1.29 is 18.0 Å². The Kier molecular flexibility index (Phi) is 11.4. The molecule has 0 fully saturated rings. The van der Waals surface area contributed by atoms with Crippen molar-refractivity contribution in [1.29, 1.82) is 0 Å². The monoisotopic (exact) mass is 645 g/mol. The van der Waals surface area contributed by atoms with E-state index in [0.29, 0.717) is 10.7 Å². The molecular weight excluding hydrogens is 606 g/mol. The van der Waals surface area contributed by atoms with Crippen LogP contribution in [0.2, 0.25) is 5.02 Å². The Hall–Kier alpha value is -4.14. The molecule has 4 aromatic carbocycles. The van der Waals surface area contributed by atoms with Gasteiger partial charge in [-0.05, 0) is 80.3 Å². The summed E-state index contributed by atoms with van der Waals surface area (Å²) in [5, 5.41) is 3.46. The largest absolute Gasteiger partial charge is 0.352 e. The molecule has 0 aliphatic heterocycles. The first-order valence-electron chi connectivity index (χ1n) is 15.0. The molecule has 0 bridgehead atoms. The second-order valence-electron chi connectivity index (χ2n) is 11.3. The molecule has 0 aromatic heterocycles. The van der Waals surface area contributed by atoms with E-state index in [0.717, 1.165) is 33.0 Å². The number of aryl methyl sites for hydroxylation is 2. The summed E-state index contributed by atoms with van der Waals surface area (Å²) in [5.74, 6) is -0.797. The van der Waals surface area contributed by atoms with E-state index in [-0.39, 0.29) is 29.8 Å². The maximum atomic E-state index is 14.6. The van der Waals surface area contributed by atoms with Crippen molar-refractivity contribution in [2.24, 2.45) is 0 Å². The topological polar surface area (TPSA) is 86.8 Å². The van der Waals surface area contributed by atoms with Crippen LogP contribution in [0.1, 0.15) is 42.5 Å². The van der Waals surface area contributed by atoms with E-state index in [1.165, 1.54) is 29.2 Å². The summed E-state index contributed by atoms with van der Waals surface area (Å²) in [4.78, 5) is 30.0. The lowest BCUT2D eigenvalue weighted by Crippen LogP contribution is -2.54. The van der Waals surface area contributed by atoms with Crippen molar-refractivity contribution in [1.82, 2.24) is 10.2 Å². The highest BCUT2D eigenvalue weighted by molar-refractivity contribution is 7.92. The van der Waals surface area contributed by atoms with Gasteiger partial charge in [0, 0.05) is 24.0 Å². The Morgan fingerprint density at radius 3 is 2.09 bits per heavy atom. The first-order chi connectivity index (χ1) is 21.5. The van der Waals surface area contributed by atoms with E-state index < -0.39 is 28.5 Å². The van der Waals surface area contributed by atoms with Crippen molar-refractivity contribution in [2.45, 2.75) is 64.1 Å². The average Bonchev–Trinajstić information content (AvgIpc) is 3.03. The van der Waals surface area contributed by atoms with E-state index in [4.69, 9.17) is 11.6 Å². The smallest absolute Gasteiger partial charge is 0.264 e. The lowest BCUT2D eigenvalue weighted by Gasteiger charge is -2.34. The van der Waals surface area contributed by atoms with E-state index in [2.05, 4.69) is 5.32 Å². The van der Waals surface area contributed by atoms with Gasteiger partial charge in [-0.2, -0.15) is 0 Å². The van der Waals surface area contributed by atoms with Gasteiger partial charge in [-0.3, -0.25) is 13.9 Å². The number of halogens is 1. The van der Waals surface area contributed by atoms with Crippen LogP contribution in [0.3, 0.4) is 0 Å². The number of nitrogens with zero attached hydrogens (tertiary/aromatic N) is 2. The molecule has 9 heteroatoms. The maximum absolute atomic E-state index is 14.6. The fourth-order valence-corrected chi connectivity index (χ4v) is 6.48. The van der Waals surface area contributed by atoms with Gasteiger partial charge in [-0.25, -0.2) is 8.42 Å². The van der Waals surface area contributed by atoms with Crippen LogP contribution in [0, 0.1) is 13.8 Å². The molecule has 7 nitrogen and oxygen atoms in total. The highest BCUT2D eigenvalue weighted by Crippen LogP contribution is 2.26. The molecule has 45 heavy (non-hydrogen) atoms. The molecule has 0 saturated carbocycles. The van der Waals surface area contributed by atoms with Crippen LogP contribution in [0.15, 0.2) is 108 Å². The number of amides is 2. The zero-order valence-corrected chi connectivity index (χ0v) is 27.7. The number of hydrogen-bond donors (Lipinski definition) is 1. The van der Waals surface area contributed by atoms with E-state index in [9.17, 15) is 18.0 Å². The van der Waals surface area contributed by atoms with Crippen molar-refractivity contribution >= 4 is 39.1 Å². The molecule has 0 spiro atoms. The normalized spacial score (nSPS) is 12.6. The lowest BCUT2D eigenvalue weighted by atomic mass is 10.0. The minimum absolute atomic E-state index is 0.000998. The number of anilines is 1. The minimum atomic E-state index is -4.19. The molecule has 0 heterocycles. The van der Waals surface area contributed by atoms with Crippen LogP contribution >= 0.6 is 11.6 Å². The fraction of sp³-hybridized carbons (Fsp3) is 0.278. The molecule has 1 N–H and O–H groups in total. The number of sulfonamides is 1. The summed E-state index contributed by atoms with van der Waals surface area (Å²) in [6.07, 6.45) is 0.977. The number of nitrogens with one attached hydrogen (secondary N) is 1. The lowest BCUT2D eigenvalue weighted by molar-refractivity contribution is -0.140. The van der Waals surface area contributed by atoms with E-state index >= 15 is 0 Å². The molecule has 0 saturated heterocycles. The van der Waals surface area contributed by atoms with Gasteiger partial charge in [0.1, 0.15) is 12.6 Å². The Bertz CT molecular complexity index is 1690. The highest BCUT2D eigenvalue weighted by atomic mass is 35.5. The molecule has 0 radical (unpaired) electrons. The number of carbonyl (C=O) groups excluding carboxylic acids is 2. The third-order valence-electron chi connectivity index (χ3n) is 7.88. The Morgan fingerprint density at radius 2 is 1.47 bits per heavy atom.